The minimum absolute atomic E-state index is 0.115. The number of aromatic nitrogens is 2. The molecule has 4 nitrogen and oxygen atoms in total. The number of benzene rings is 1. The molecule has 0 spiro atoms. The fourth-order valence-corrected chi connectivity index (χ4v) is 3.64. The van der Waals surface area contributed by atoms with Gasteiger partial charge in [-0.2, -0.15) is 0 Å². The standard InChI is InChI=1S/C16H21N3OS/c1-16(2,3)17-9-8-14-18-19-15(20-14)12-10-21-13-7-5-4-6-11(12)13/h4-7,12,17H,8-10H2,1-3H3. The van der Waals surface area contributed by atoms with Crippen LogP contribution >= 0.6 is 11.8 Å². The lowest BCUT2D eigenvalue weighted by Gasteiger charge is -2.19. The molecule has 3 rings (SSSR count). The minimum atomic E-state index is 0.115. The van der Waals surface area contributed by atoms with E-state index < -0.39 is 0 Å². The number of rotatable bonds is 4. The molecule has 1 unspecified atom stereocenters. The molecular formula is C16H21N3OS. The zero-order valence-corrected chi connectivity index (χ0v) is 13.5. The number of thioether (sulfide) groups is 1. The summed E-state index contributed by atoms with van der Waals surface area (Å²) in [5, 5.41) is 11.9. The summed E-state index contributed by atoms with van der Waals surface area (Å²) in [5.74, 6) is 2.69. The number of nitrogens with one attached hydrogen (secondary N) is 1. The lowest BCUT2D eigenvalue weighted by Crippen LogP contribution is -2.37. The predicted molar refractivity (Wildman–Crippen MR) is 84.8 cm³/mol. The second-order valence-corrected chi connectivity index (χ2v) is 7.42. The van der Waals surface area contributed by atoms with Crippen LogP contribution in [0.1, 0.15) is 44.0 Å². The van der Waals surface area contributed by atoms with E-state index in [0.717, 1.165) is 30.5 Å². The second-order valence-electron chi connectivity index (χ2n) is 6.36. The maximum Gasteiger partial charge on any atom is 0.224 e. The van der Waals surface area contributed by atoms with Crippen molar-refractivity contribution in [1.29, 1.82) is 0 Å². The van der Waals surface area contributed by atoms with Crippen molar-refractivity contribution < 1.29 is 4.42 Å². The molecule has 1 aromatic heterocycles. The highest BCUT2D eigenvalue weighted by Gasteiger charge is 2.28. The third-order valence-corrected chi connectivity index (χ3v) is 4.66. The Kier molecular flexibility index (Phi) is 4.04. The quantitative estimate of drug-likeness (QED) is 0.939. The van der Waals surface area contributed by atoms with E-state index in [1.165, 1.54) is 10.5 Å². The molecule has 0 amide bonds. The van der Waals surface area contributed by atoms with Crippen LogP contribution in [-0.2, 0) is 6.42 Å². The molecule has 0 aliphatic carbocycles. The number of fused-ring (bicyclic) bond motifs is 1. The van der Waals surface area contributed by atoms with Gasteiger partial charge in [0.05, 0.1) is 5.92 Å². The zero-order chi connectivity index (χ0) is 14.9. The Hall–Kier alpha value is -1.33. The van der Waals surface area contributed by atoms with Gasteiger partial charge in [0.25, 0.3) is 0 Å². The first-order chi connectivity index (χ1) is 10.0. The largest absolute Gasteiger partial charge is 0.425 e. The second kappa shape index (κ2) is 5.81. The molecule has 1 atom stereocenters. The van der Waals surface area contributed by atoms with Crippen LogP contribution in [0, 0.1) is 0 Å². The Balaban J connectivity index is 1.66. The molecule has 1 aliphatic heterocycles. The van der Waals surface area contributed by atoms with Gasteiger partial charge >= 0.3 is 0 Å². The predicted octanol–water partition coefficient (Wildman–Crippen LogP) is 3.24. The van der Waals surface area contributed by atoms with Gasteiger partial charge < -0.3 is 9.73 Å². The van der Waals surface area contributed by atoms with Crippen LogP contribution in [0.4, 0.5) is 0 Å². The molecule has 5 heteroatoms. The first-order valence-electron chi connectivity index (χ1n) is 7.32. The molecular weight excluding hydrogens is 282 g/mol. The maximum absolute atomic E-state index is 5.86. The first-order valence-corrected chi connectivity index (χ1v) is 8.30. The van der Waals surface area contributed by atoms with Crippen LogP contribution in [0.25, 0.3) is 0 Å². The summed E-state index contributed by atoms with van der Waals surface area (Å²) < 4.78 is 5.86. The lowest BCUT2D eigenvalue weighted by molar-refractivity contribution is 0.398. The maximum atomic E-state index is 5.86. The summed E-state index contributed by atoms with van der Waals surface area (Å²) >= 11 is 1.86. The average molecular weight is 303 g/mol. The molecule has 1 aliphatic rings. The van der Waals surface area contributed by atoms with E-state index in [9.17, 15) is 0 Å². The summed E-state index contributed by atoms with van der Waals surface area (Å²) in [5.41, 5.74) is 1.43. The molecule has 1 N–H and O–H groups in total. The van der Waals surface area contributed by atoms with Crippen molar-refractivity contribution in [1.82, 2.24) is 15.5 Å². The van der Waals surface area contributed by atoms with Gasteiger partial charge in [-0.25, -0.2) is 0 Å². The minimum Gasteiger partial charge on any atom is -0.425 e. The summed E-state index contributed by atoms with van der Waals surface area (Å²) in [6, 6.07) is 8.46. The van der Waals surface area contributed by atoms with Gasteiger partial charge in [0.2, 0.25) is 11.8 Å². The summed E-state index contributed by atoms with van der Waals surface area (Å²) in [4.78, 5) is 1.33. The third-order valence-electron chi connectivity index (χ3n) is 3.47. The number of nitrogens with zero attached hydrogens (tertiary/aromatic N) is 2. The highest BCUT2D eigenvalue weighted by molar-refractivity contribution is 7.99. The van der Waals surface area contributed by atoms with Gasteiger partial charge in [-0.1, -0.05) is 18.2 Å². The van der Waals surface area contributed by atoms with Crippen LogP contribution < -0.4 is 5.32 Å². The van der Waals surface area contributed by atoms with Crippen molar-refractivity contribution in [2.75, 3.05) is 12.3 Å². The van der Waals surface area contributed by atoms with Gasteiger partial charge in [0.1, 0.15) is 0 Å². The van der Waals surface area contributed by atoms with Crippen molar-refractivity contribution in [3.05, 3.63) is 41.6 Å². The van der Waals surface area contributed by atoms with Crippen LogP contribution in [0.2, 0.25) is 0 Å². The Morgan fingerprint density at radius 2 is 2.10 bits per heavy atom. The van der Waals surface area contributed by atoms with Crippen molar-refractivity contribution >= 4 is 11.8 Å². The highest BCUT2D eigenvalue weighted by Crippen LogP contribution is 2.42. The van der Waals surface area contributed by atoms with E-state index in [1.54, 1.807) is 0 Å². The van der Waals surface area contributed by atoms with Crippen molar-refractivity contribution in [2.45, 2.75) is 43.5 Å². The van der Waals surface area contributed by atoms with E-state index >= 15 is 0 Å². The summed E-state index contributed by atoms with van der Waals surface area (Å²) in [7, 11) is 0. The van der Waals surface area contributed by atoms with E-state index in [-0.39, 0.29) is 11.5 Å². The molecule has 21 heavy (non-hydrogen) atoms. The molecule has 0 fully saturated rings. The fraction of sp³-hybridized carbons (Fsp3) is 0.500. The smallest absolute Gasteiger partial charge is 0.224 e. The number of hydrogen-bond donors (Lipinski definition) is 1. The van der Waals surface area contributed by atoms with Crippen molar-refractivity contribution in [2.24, 2.45) is 0 Å². The van der Waals surface area contributed by atoms with E-state index in [4.69, 9.17) is 4.42 Å². The topological polar surface area (TPSA) is 51.0 Å². The van der Waals surface area contributed by atoms with Crippen molar-refractivity contribution in [3.8, 4) is 0 Å². The fourth-order valence-electron chi connectivity index (χ4n) is 2.42. The van der Waals surface area contributed by atoms with Crippen LogP contribution in [0.3, 0.4) is 0 Å². The Labute approximate surface area is 129 Å². The SMILES string of the molecule is CC(C)(C)NCCc1nnc(C2CSc3ccccc32)o1. The normalized spacial score (nSPS) is 18.0. The third kappa shape index (κ3) is 3.47. The Morgan fingerprint density at radius 1 is 1.29 bits per heavy atom. The highest BCUT2D eigenvalue weighted by atomic mass is 32.2. The number of hydrogen-bond acceptors (Lipinski definition) is 5. The van der Waals surface area contributed by atoms with Gasteiger partial charge in [-0.15, -0.1) is 22.0 Å². The van der Waals surface area contributed by atoms with Gasteiger partial charge in [-0.05, 0) is 32.4 Å². The summed E-state index contributed by atoms with van der Waals surface area (Å²) in [6.07, 6.45) is 0.770. The molecule has 2 aromatic rings. The molecule has 0 saturated heterocycles. The molecule has 0 bridgehead atoms. The van der Waals surface area contributed by atoms with E-state index in [2.05, 4.69) is 60.6 Å². The molecule has 2 heterocycles. The van der Waals surface area contributed by atoms with E-state index in [1.807, 2.05) is 11.8 Å². The first kappa shape index (κ1) is 14.6. The zero-order valence-electron chi connectivity index (χ0n) is 12.7. The van der Waals surface area contributed by atoms with Gasteiger partial charge in [0.15, 0.2) is 0 Å². The molecule has 0 radical (unpaired) electrons. The monoisotopic (exact) mass is 303 g/mol. The van der Waals surface area contributed by atoms with Crippen LogP contribution in [0.15, 0.2) is 33.6 Å². The van der Waals surface area contributed by atoms with Crippen LogP contribution in [-0.4, -0.2) is 28.0 Å². The molecule has 112 valence electrons. The molecule has 1 aromatic carbocycles. The van der Waals surface area contributed by atoms with Gasteiger partial charge in [-0.3, -0.25) is 0 Å². The Bertz CT molecular complexity index is 618. The Morgan fingerprint density at radius 3 is 2.90 bits per heavy atom. The van der Waals surface area contributed by atoms with E-state index in [0.29, 0.717) is 0 Å². The average Bonchev–Trinajstić information content (AvgIpc) is 3.03. The molecule has 0 saturated carbocycles. The summed E-state index contributed by atoms with van der Waals surface area (Å²) in [6.45, 7) is 7.30. The lowest BCUT2D eigenvalue weighted by atomic mass is 10.0. The van der Waals surface area contributed by atoms with Gasteiger partial charge in [0, 0.05) is 29.2 Å². The van der Waals surface area contributed by atoms with Crippen LogP contribution in [0.5, 0.6) is 0 Å². The van der Waals surface area contributed by atoms with Crippen molar-refractivity contribution in [3.63, 3.8) is 0 Å².